The second kappa shape index (κ2) is 5.44. The Morgan fingerprint density at radius 3 is 2.84 bits per heavy atom. The minimum atomic E-state index is 0.386. The van der Waals surface area contributed by atoms with E-state index in [-0.39, 0.29) is 0 Å². The molecule has 0 aromatic carbocycles. The van der Waals surface area contributed by atoms with E-state index < -0.39 is 0 Å². The van der Waals surface area contributed by atoms with Gasteiger partial charge < -0.3 is 5.32 Å². The number of hydrogen-bond donors (Lipinski definition) is 1. The first-order valence-electron chi connectivity index (χ1n) is 6.74. The van der Waals surface area contributed by atoms with E-state index in [1.165, 1.54) is 6.42 Å². The van der Waals surface area contributed by atoms with Crippen LogP contribution in [0, 0.1) is 6.92 Å². The van der Waals surface area contributed by atoms with Gasteiger partial charge in [-0.2, -0.15) is 0 Å². The van der Waals surface area contributed by atoms with Crippen molar-refractivity contribution >= 4 is 0 Å². The highest BCUT2D eigenvalue weighted by atomic mass is 15.4. The number of aromatic nitrogens is 5. The predicted octanol–water partition coefficient (Wildman–Crippen LogP) is 1.36. The molecule has 6 nitrogen and oxygen atoms in total. The standard InChI is InChI=1S/C13H18N6/c1-10-7-15-13(16-8-10)12-9-17-18-19(12)11-3-2-5-14-6-4-11/h7-9,11,14H,2-6H2,1H3. The molecule has 100 valence electrons. The Labute approximate surface area is 112 Å². The minimum absolute atomic E-state index is 0.386. The summed E-state index contributed by atoms with van der Waals surface area (Å²) in [6.07, 6.45) is 8.77. The molecule has 3 rings (SSSR count). The number of nitrogens with one attached hydrogen (secondary N) is 1. The first-order chi connectivity index (χ1) is 9.34. The van der Waals surface area contributed by atoms with Gasteiger partial charge in [-0.05, 0) is 44.8 Å². The fraction of sp³-hybridized carbons (Fsp3) is 0.538. The molecule has 2 aromatic heterocycles. The number of aryl methyl sites for hydroxylation is 1. The van der Waals surface area contributed by atoms with Gasteiger partial charge in [0, 0.05) is 12.4 Å². The minimum Gasteiger partial charge on any atom is -0.317 e. The largest absolute Gasteiger partial charge is 0.317 e. The highest BCUT2D eigenvalue weighted by Crippen LogP contribution is 2.24. The Morgan fingerprint density at radius 2 is 2.00 bits per heavy atom. The molecule has 0 bridgehead atoms. The third kappa shape index (κ3) is 2.63. The summed E-state index contributed by atoms with van der Waals surface area (Å²) in [6.45, 7) is 4.09. The quantitative estimate of drug-likeness (QED) is 0.880. The van der Waals surface area contributed by atoms with E-state index in [4.69, 9.17) is 0 Å². The lowest BCUT2D eigenvalue weighted by Gasteiger charge is -2.15. The van der Waals surface area contributed by atoms with Crippen molar-refractivity contribution in [2.45, 2.75) is 32.2 Å². The molecule has 0 amide bonds. The van der Waals surface area contributed by atoms with Crippen LogP contribution in [-0.4, -0.2) is 38.1 Å². The van der Waals surface area contributed by atoms with E-state index in [0.29, 0.717) is 11.9 Å². The molecule has 19 heavy (non-hydrogen) atoms. The summed E-state index contributed by atoms with van der Waals surface area (Å²) in [5.41, 5.74) is 1.97. The van der Waals surface area contributed by atoms with Crippen LogP contribution in [0.5, 0.6) is 0 Å². The van der Waals surface area contributed by atoms with Crippen molar-refractivity contribution in [2.75, 3.05) is 13.1 Å². The fourth-order valence-electron chi connectivity index (χ4n) is 2.44. The zero-order valence-electron chi connectivity index (χ0n) is 11.1. The summed E-state index contributed by atoms with van der Waals surface area (Å²) in [6, 6.07) is 0.386. The maximum atomic E-state index is 4.37. The second-order valence-corrected chi connectivity index (χ2v) is 4.98. The van der Waals surface area contributed by atoms with Crippen molar-refractivity contribution in [3.63, 3.8) is 0 Å². The average molecular weight is 258 g/mol. The van der Waals surface area contributed by atoms with Crippen LogP contribution < -0.4 is 5.32 Å². The molecule has 1 aliphatic heterocycles. The average Bonchev–Trinajstić information content (AvgIpc) is 2.75. The van der Waals surface area contributed by atoms with Gasteiger partial charge in [0.05, 0.1) is 12.2 Å². The molecule has 1 aliphatic rings. The Bertz CT molecular complexity index is 524. The molecule has 0 spiro atoms. The zero-order valence-corrected chi connectivity index (χ0v) is 11.1. The Hall–Kier alpha value is -1.82. The second-order valence-electron chi connectivity index (χ2n) is 4.98. The lowest BCUT2D eigenvalue weighted by Crippen LogP contribution is -2.16. The van der Waals surface area contributed by atoms with Gasteiger partial charge in [0.2, 0.25) is 0 Å². The highest BCUT2D eigenvalue weighted by molar-refractivity contribution is 5.47. The number of hydrogen-bond acceptors (Lipinski definition) is 5. The third-order valence-electron chi connectivity index (χ3n) is 3.48. The van der Waals surface area contributed by atoms with E-state index >= 15 is 0 Å². The van der Waals surface area contributed by atoms with E-state index in [1.807, 2.05) is 24.0 Å². The molecule has 1 unspecified atom stereocenters. The summed E-state index contributed by atoms with van der Waals surface area (Å²) in [7, 11) is 0. The van der Waals surface area contributed by atoms with Crippen molar-refractivity contribution < 1.29 is 0 Å². The Balaban J connectivity index is 1.90. The van der Waals surface area contributed by atoms with Gasteiger partial charge in [-0.25, -0.2) is 14.6 Å². The molecular formula is C13H18N6. The van der Waals surface area contributed by atoms with Gasteiger partial charge in [-0.1, -0.05) is 5.21 Å². The van der Waals surface area contributed by atoms with E-state index in [0.717, 1.165) is 37.2 Å². The van der Waals surface area contributed by atoms with Crippen LogP contribution in [-0.2, 0) is 0 Å². The Morgan fingerprint density at radius 1 is 1.16 bits per heavy atom. The van der Waals surface area contributed by atoms with Crippen molar-refractivity contribution in [1.29, 1.82) is 0 Å². The first-order valence-corrected chi connectivity index (χ1v) is 6.74. The van der Waals surface area contributed by atoms with Crippen molar-refractivity contribution in [1.82, 2.24) is 30.3 Å². The SMILES string of the molecule is Cc1cnc(-c2cnnn2C2CCCNCC2)nc1. The summed E-state index contributed by atoms with van der Waals surface area (Å²) in [5, 5.41) is 11.7. The molecule has 1 atom stereocenters. The van der Waals surface area contributed by atoms with Crippen molar-refractivity contribution in [3.8, 4) is 11.5 Å². The van der Waals surface area contributed by atoms with Gasteiger partial charge >= 0.3 is 0 Å². The van der Waals surface area contributed by atoms with Crippen LogP contribution in [0.3, 0.4) is 0 Å². The molecule has 1 saturated heterocycles. The van der Waals surface area contributed by atoms with E-state index in [9.17, 15) is 0 Å². The molecule has 0 saturated carbocycles. The molecule has 1 N–H and O–H groups in total. The van der Waals surface area contributed by atoms with Gasteiger partial charge in [-0.3, -0.25) is 0 Å². The normalized spacial score (nSPS) is 20.2. The summed E-state index contributed by atoms with van der Waals surface area (Å²) in [4.78, 5) is 8.74. The highest BCUT2D eigenvalue weighted by Gasteiger charge is 2.19. The molecule has 6 heteroatoms. The molecule has 2 aromatic rings. The molecule has 0 radical (unpaired) electrons. The fourth-order valence-corrected chi connectivity index (χ4v) is 2.44. The monoisotopic (exact) mass is 258 g/mol. The van der Waals surface area contributed by atoms with Crippen molar-refractivity contribution in [2.24, 2.45) is 0 Å². The number of nitrogens with zero attached hydrogens (tertiary/aromatic N) is 5. The van der Waals surface area contributed by atoms with Gasteiger partial charge in [0.25, 0.3) is 0 Å². The van der Waals surface area contributed by atoms with Crippen LogP contribution in [0.15, 0.2) is 18.6 Å². The molecule has 3 heterocycles. The topological polar surface area (TPSA) is 68.5 Å². The first kappa shape index (κ1) is 12.2. The molecule has 0 aliphatic carbocycles. The molecule has 1 fully saturated rings. The lowest BCUT2D eigenvalue weighted by molar-refractivity contribution is 0.408. The maximum Gasteiger partial charge on any atom is 0.179 e. The smallest absolute Gasteiger partial charge is 0.179 e. The summed E-state index contributed by atoms with van der Waals surface area (Å²) >= 11 is 0. The maximum absolute atomic E-state index is 4.37. The van der Waals surface area contributed by atoms with Crippen LogP contribution in [0.4, 0.5) is 0 Å². The van der Waals surface area contributed by atoms with Gasteiger partial charge in [-0.15, -0.1) is 5.10 Å². The van der Waals surface area contributed by atoms with Gasteiger partial charge in [0.15, 0.2) is 5.82 Å². The van der Waals surface area contributed by atoms with E-state index in [2.05, 4.69) is 25.6 Å². The summed E-state index contributed by atoms with van der Waals surface area (Å²) in [5.74, 6) is 0.702. The van der Waals surface area contributed by atoms with Crippen LogP contribution in [0.25, 0.3) is 11.5 Å². The number of rotatable bonds is 2. The van der Waals surface area contributed by atoms with Crippen LogP contribution in [0.1, 0.15) is 30.9 Å². The van der Waals surface area contributed by atoms with Gasteiger partial charge in [0.1, 0.15) is 5.69 Å². The zero-order chi connectivity index (χ0) is 13.1. The molecular weight excluding hydrogens is 240 g/mol. The third-order valence-corrected chi connectivity index (χ3v) is 3.48. The predicted molar refractivity (Wildman–Crippen MR) is 71.5 cm³/mol. The van der Waals surface area contributed by atoms with Crippen LogP contribution >= 0.6 is 0 Å². The van der Waals surface area contributed by atoms with Crippen LogP contribution in [0.2, 0.25) is 0 Å². The van der Waals surface area contributed by atoms with E-state index in [1.54, 1.807) is 6.20 Å². The summed E-state index contributed by atoms with van der Waals surface area (Å²) < 4.78 is 1.98. The van der Waals surface area contributed by atoms with Crippen molar-refractivity contribution in [3.05, 3.63) is 24.2 Å². The lowest BCUT2D eigenvalue weighted by atomic mass is 10.1. The Kier molecular flexibility index (Phi) is 3.50.